The second-order valence-corrected chi connectivity index (χ2v) is 10.8. The first-order valence-electron chi connectivity index (χ1n) is 11.1. The lowest BCUT2D eigenvalue weighted by molar-refractivity contribution is 0.164. The number of guanidine groups is 1. The molecule has 2 aromatic rings. The Hall–Kier alpha value is -2.29. The minimum atomic E-state index is -0.0336. The third kappa shape index (κ3) is 7.35. The Kier molecular flexibility index (Phi) is 7.61. The maximum atomic E-state index is 6.26. The Morgan fingerprint density at radius 2 is 1.67 bits per heavy atom. The summed E-state index contributed by atoms with van der Waals surface area (Å²) in [5.74, 6) is 0.989. The normalized spacial score (nSPS) is 18.0. The summed E-state index contributed by atoms with van der Waals surface area (Å²) in [7, 11) is 0. The van der Waals surface area contributed by atoms with E-state index in [1.54, 1.807) is 0 Å². The highest BCUT2D eigenvalue weighted by atomic mass is 35.5. The lowest BCUT2D eigenvalue weighted by Crippen LogP contribution is -2.59. The van der Waals surface area contributed by atoms with Gasteiger partial charge in [-0.2, -0.15) is 0 Å². The molecule has 0 aliphatic carbocycles. The van der Waals surface area contributed by atoms with Crippen LogP contribution in [0, 0.1) is 20.8 Å². The van der Waals surface area contributed by atoms with Gasteiger partial charge in [-0.15, -0.1) is 0 Å². The molecular formula is C24H34ClN7S. The smallest absolute Gasteiger partial charge is 0.229 e. The molecule has 33 heavy (non-hydrogen) atoms. The molecule has 0 saturated carbocycles. The number of aryl methyl sites for hydroxylation is 2. The van der Waals surface area contributed by atoms with Gasteiger partial charge in [-0.1, -0.05) is 17.7 Å². The first-order valence-corrected chi connectivity index (χ1v) is 11.9. The number of aromatic nitrogens is 2. The third-order valence-corrected chi connectivity index (χ3v) is 6.05. The van der Waals surface area contributed by atoms with Crippen molar-refractivity contribution in [3.8, 4) is 0 Å². The predicted octanol–water partition coefficient (Wildman–Crippen LogP) is 5.12. The molecule has 1 aromatic carbocycles. The Morgan fingerprint density at radius 1 is 1.06 bits per heavy atom. The number of hydrogen-bond acceptors (Lipinski definition) is 5. The Morgan fingerprint density at radius 3 is 2.27 bits per heavy atom. The van der Waals surface area contributed by atoms with Gasteiger partial charge in [0, 0.05) is 33.2 Å². The van der Waals surface area contributed by atoms with E-state index in [1.807, 2.05) is 45.0 Å². The van der Waals surface area contributed by atoms with E-state index in [-0.39, 0.29) is 17.1 Å². The fraction of sp³-hybridized carbons (Fsp3) is 0.500. The lowest BCUT2D eigenvalue weighted by atomic mass is 9.80. The molecule has 0 bridgehead atoms. The van der Waals surface area contributed by atoms with Gasteiger partial charge in [0.15, 0.2) is 5.11 Å². The number of benzene rings is 1. The first kappa shape index (κ1) is 25.3. The van der Waals surface area contributed by atoms with E-state index in [0.717, 1.165) is 35.5 Å². The van der Waals surface area contributed by atoms with E-state index in [2.05, 4.69) is 58.9 Å². The molecule has 9 heteroatoms. The number of nitrogens with one attached hydrogen (secondary N) is 4. The van der Waals surface area contributed by atoms with E-state index in [1.165, 1.54) is 0 Å². The summed E-state index contributed by atoms with van der Waals surface area (Å²) in [5.41, 5.74) is 3.45. The van der Waals surface area contributed by atoms with Crippen molar-refractivity contribution in [1.82, 2.24) is 20.6 Å². The van der Waals surface area contributed by atoms with Gasteiger partial charge in [-0.05, 0) is 97.3 Å². The molecule has 3 rings (SSSR count). The number of hydrogen-bond donors (Lipinski definition) is 4. The average molecular weight is 488 g/mol. The van der Waals surface area contributed by atoms with Crippen molar-refractivity contribution >= 4 is 46.5 Å². The van der Waals surface area contributed by atoms with Crippen LogP contribution < -0.4 is 21.3 Å². The van der Waals surface area contributed by atoms with Crippen LogP contribution in [0.4, 0.5) is 11.6 Å². The van der Waals surface area contributed by atoms with E-state index < -0.39 is 0 Å². The van der Waals surface area contributed by atoms with Crippen molar-refractivity contribution in [2.24, 2.45) is 4.99 Å². The molecule has 1 aromatic heterocycles. The van der Waals surface area contributed by atoms with Gasteiger partial charge in [0.1, 0.15) is 0 Å². The average Bonchev–Trinajstić information content (AvgIpc) is 2.61. The number of rotatable bonds is 3. The first-order chi connectivity index (χ1) is 15.3. The van der Waals surface area contributed by atoms with E-state index in [9.17, 15) is 0 Å². The second-order valence-electron chi connectivity index (χ2n) is 10.0. The standard InChI is InChI=1S/C24H34ClN7S/c1-14-11-15(2)27-20(26-14)30-21(28-17-12-23(4,5)32-24(6,7)13-17)31-22(33)29-19-10-8-9-18(25)16(19)3/h8-11,17,32H,12-13H2,1-7H3,(H3,26,27,28,29,30,31,33). The van der Waals surface area contributed by atoms with Crippen LogP contribution in [0.5, 0.6) is 0 Å². The maximum Gasteiger partial charge on any atom is 0.229 e. The number of anilines is 2. The molecule has 1 aliphatic rings. The molecule has 4 N–H and O–H groups in total. The molecule has 2 heterocycles. The maximum absolute atomic E-state index is 6.26. The van der Waals surface area contributed by atoms with Gasteiger partial charge in [0.25, 0.3) is 0 Å². The Balaban J connectivity index is 1.86. The van der Waals surface area contributed by atoms with E-state index in [4.69, 9.17) is 28.8 Å². The third-order valence-electron chi connectivity index (χ3n) is 5.44. The summed E-state index contributed by atoms with van der Waals surface area (Å²) < 4.78 is 0. The van der Waals surface area contributed by atoms with Gasteiger partial charge < -0.3 is 16.0 Å². The van der Waals surface area contributed by atoms with Crippen molar-refractivity contribution < 1.29 is 0 Å². The van der Waals surface area contributed by atoms with Crippen molar-refractivity contribution in [1.29, 1.82) is 0 Å². The van der Waals surface area contributed by atoms with Crippen molar-refractivity contribution in [3.05, 3.63) is 46.2 Å². The quantitative estimate of drug-likeness (QED) is 0.271. The molecule has 7 nitrogen and oxygen atoms in total. The molecule has 0 amide bonds. The highest BCUT2D eigenvalue weighted by Crippen LogP contribution is 2.30. The van der Waals surface area contributed by atoms with Crippen LogP contribution in [0.15, 0.2) is 29.3 Å². The summed E-state index contributed by atoms with van der Waals surface area (Å²) >= 11 is 11.9. The zero-order chi connectivity index (χ0) is 24.4. The van der Waals surface area contributed by atoms with Crippen molar-refractivity contribution in [2.75, 3.05) is 10.6 Å². The van der Waals surface area contributed by atoms with Gasteiger partial charge in [-0.3, -0.25) is 5.32 Å². The molecular weight excluding hydrogens is 454 g/mol. The molecule has 178 valence electrons. The van der Waals surface area contributed by atoms with Crippen molar-refractivity contribution in [2.45, 2.75) is 78.4 Å². The molecule has 0 atom stereocenters. The number of nitrogens with zero attached hydrogens (tertiary/aromatic N) is 3. The van der Waals surface area contributed by atoms with Crippen LogP contribution in [0.25, 0.3) is 0 Å². The van der Waals surface area contributed by atoms with Gasteiger partial charge in [0.05, 0.1) is 6.04 Å². The van der Waals surface area contributed by atoms with Crippen LogP contribution in [0.1, 0.15) is 57.5 Å². The highest BCUT2D eigenvalue weighted by molar-refractivity contribution is 7.80. The highest BCUT2D eigenvalue weighted by Gasteiger charge is 2.37. The second kappa shape index (κ2) is 9.91. The molecule has 1 fully saturated rings. The summed E-state index contributed by atoms with van der Waals surface area (Å²) in [6.45, 7) is 14.7. The zero-order valence-electron chi connectivity index (χ0n) is 20.4. The number of halogens is 1. The summed E-state index contributed by atoms with van der Waals surface area (Å²) in [5, 5.41) is 14.5. The minimum Gasteiger partial charge on any atom is -0.332 e. The van der Waals surface area contributed by atoms with E-state index >= 15 is 0 Å². The predicted molar refractivity (Wildman–Crippen MR) is 142 cm³/mol. The van der Waals surface area contributed by atoms with Gasteiger partial charge in [-0.25, -0.2) is 15.0 Å². The number of aliphatic imine (C=N–C) groups is 1. The molecule has 0 radical (unpaired) electrons. The summed E-state index contributed by atoms with van der Waals surface area (Å²) in [4.78, 5) is 14.0. The van der Waals surface area contributed by atoms with Gasteiger partial charge >= 0.3 is 0 Å². The molecule has 0 unspecified atom stereocenters. The largest absolute Gasteiger partial charge is 0.332 e. The van der Waals surface area contributed by atoms with Gasteiger partial charge in [0.2, 0.25) is 11.9 Å². The molecule has 1 aliphatic heterocycles. The fourth-order valence-electron chi connectivity index (χ4n) is 4.53. The molecule has 1 saturated heterocycles. The Labute approximate surface area is 207 Å². The number of piperidine rings is 1. The van der Waals surface area contributed by atoms with Crippen LogP contribution >= 0.6 is 23.8 Å². The van der Waals surface area contributed by atoms with Crippen molar-refractivity contribution in [3.63, 3.8) is 0 Å². The van der Waals surface area contributed by atoms with Crippen LogP contribution in [0.2, 0.25) is 5.02 Å². The molecule has 0 spiro atoms. The SMILES string of the molecule is Cc1cc(C)nc(NC(=NC2CC(C)(C)NC(C)(C)C2)NC(=S)Nc2cccc(Cl)c2C)n1. The summed E-state index contributed by atoms with van der Waals surface area (Å²) in [6, 6.07) is 7.69. The summed E-state index contributed by atoms with van der Waals surface area (Å²) in [6.07, 6.45) is 1.79. The monoisotopic (exact) mass is 487 g/mol. The minimum absolute atomic E-state index is 0.0336. The lowest BCUT2D eigenvalue weighted by Gasteiger charge is -2.45. The number of thiocarbonyl (C=S) groups is 1. The van der Waals surface area contributed by atoms with E-state index in [0.29, 0.717) is 22.0 Å². The zero-order valence-corrected chi connectivity index (χ0v) is 22.0. The van der Waals surface area contributed by atoms with Crippen LogP contribution in [-0.4, -0.2) is 38.2 Å². The topological polar surface area (TPSA) is 86.3 Å². The fourth-order valence-corrected chi connectivity index (χ4v) is 4.91. The van der Waals surface area contributed by atoms with Crippen LogP contribution in [0.3, 0.4) is 0 Å². The van der Waals surface area contributed by atoms with Crippen LogP contribution in [-0.2, 0) is 0 Å². The Bertz CT molecular complexity index is 1030.